The second-order valence-corrected chi connectivity index (χ2v) is 3.30. The van der Waals surface area contributed by atoms with Crippen molar-refractivity contribution in [3.05, 3.63) is 23.8 Å². The topological polar surface area (TPSA) is 95.6 Å². The molecule has 0 fully saturated rings. The normalized spacial score (nSPS) is 12.1. The summed E-state index contributed by atoms with van der Waals surface area (Å²) in [4.78, 5) is 11.5. The number of aliphatic hydroxyl groups is 1. The summed E-state index contributed by atoms with van der Waals surface area (Å²) in [6.45, 7) is 1.69. The van der Waals surface area contributed by atoms with E-state index in [0.717, 1.165) is 0 Å². The molecule has 0 aromatic heterocycles. The molecule has 0 unspecified atom stereocenters. The highest BCUT2D eigenvalue weighted by molar-refractivity contribution is 5.98. The summed E-state index contributed by atoms with van der Waals surface area (Å²) in [6.07, 6.45) is -0.628. The van der Waals surface area contributed by atoms with Crippen molar-refractivity contribution < 1.29 is 15.0 Å². The Bertz CT molecular complexity index is 364. The SMILES string of the molecule is C[C@H](O)CNC(=O)c1cccc(N)c1O. The van der Waals surface area contributed by atoms with Crippen LogP contribution in [0, 0.1) is 0 Å². The molecule has 0 aliphatic carbocycles. The monoisotopic (exact) mass is 210 g/mol. The molecule has 1 rings (SSSR count). The first-order valence-electron chi connectivity index (χ1n) is 4.56. The van der Waals surface area contributed by atoms with Crippen LogP contribution in [-0.2, 0) is 0 Å². The van der Waals surface area contributed by atoms with E-state index in [1.165, 1.54) is 12.1 Å². The third-order valence-corrected chi connectivity index (χ3v) is 1.87. The van der Waals surface area contributed by atoms with E-state index in [1.807, 2.05) is 0 Å². The first-order chi connectivity index (χ1) is 7.02. The van der Waals surface area contributed by atoms with Gasteiger partial charge in [0, 0.05) is 6.54 Å². The highest BCUT2D eigenvalue weighted by Crippen LogP contribution is 2.23. The zero-order valence-electron chi connectivity index (χ0n) is 8.40. The summed E-state index contributed by atoms with van der Waals surface area (Å²) in [5.41, 5.74) is 5.69. The maximum absolute atomic E-state index is 11.5. The molecule has 0 heterocycles. The van der Waals surface area contributed by atoms with E-state index in [0.29, 0.717) is 0 Å². The minimum atomic E-state index is -0.628. The standard InChI is InChI=1S/C10H14N2O3/c1-6(13)5-12-10(15)7-3-2-4-8(11)9(7)14/h2-4,6,13-14H,5,11H2,1H3,(H,12,15)/t6-/m0/s1. The number of hydrogen-bond donors (Lipinski definition) is 4. The lowest BCUT2D eigenvalue weighted by Gasteiger charge is -2.09. The number of nitrogen functional groups attached to an aromatic ring is 1. The van der Waals surface area contributed by atoms with Crippen LogP contribution < -0.4 is 11.1 Å². The largest absolute Gasteiger partial charge is 0.505 e. The van der Waals surface area contributed by atoms with Crippen molar-refractivity contribution in [2.45, 2.75) is 13.0 Å². The average molecular weight is 210 g/mol. The van der Waals surface area contributed by atoms with Gasteiger partial charge in [0.2, 0.25) is 0 Å². The number of carbonyl (C=O) groups excluding carboxylic acids is 1. The maximum Gasteiger partial charge on any atom is 0.255 e. The zero-order valence-corrected chi connectivity index (χ0v) is 8.40. The fourth-order valence-corrected chi connectivity index (χ4v) is 1.08. The Morgan fingerprint density at radius 2 is 2.27 bits per heavy atom. The second-order valence-electron chi connectivity index (χ2n) is 3.30. The molecular weight excluding hydrogens is 196 g/mol. The van der Waals surface area contributed by atoms with Gasteiger partial charge >= 0.3 is 0 Å². The summed E-state index contributed by atoms with van der Waals surface area (Å²) < 4.78 is 0. The molecular formula is C10H14N2O3. The number of phenolic OH excluding ortho intramolecular Hbond substituents is 1. The molecule has 1 aromatic carbocycles. The highest BCUT2D eigenvalue weighted by atomic mass is 16.3. The van der Waals surface area contributed by atoms with Crippen LogP contribution in [0.1, 0.15) is 17.3 Å². The van der Waals surface area contributed by atoms with Crippen molar-refractivity contribution in [2.75, 3.05) is 12.3 Å². The number of nitrogens with one attached hydrogen (secondary N) is 1. The van der Waals surface area contributed by atoms with Crippen LogP contribution >= 0.6 is 0 Å². The summed E-state index contributed by atoms with van der Waals surface area (Å²) in [7, 11) is 0. The smallest absolute Gasteiger partial charge is 0.255 e. The molecule has 1 amide bonds. The molecule has 0 spiro atoms. The van der Waals surface area contributed by atoms with Gasteiger partial charge in [0.15, 0.2) is 5.75 Å². The molecule has 0 saturated carbocycles. The molecule has 5 nitrogen and oxygen atoms in total. The number of para-hydroxylation sites is 1. The van der Waals surface area contributed by atoms with Gasteiger partial charge in [0.05, 0.1) is 17.4 Å². The quantitative estimate of drug-likeness (QED) is 0.420. The van der Waals surface area contributed by atoms with Crippen LogP contribution in [0.2, 0.25) is 0 Å². The van der Waals surface area contributed by atoms with E-state index >= 15 is 0 Å². The Morgan fingerprint density at radius 1 is 1.60 bits per heavy atom. The number of amides is 1. The van der Waals surface area contributed by atoms with Gasteiger partial charge in [-0.05, 0) is 19.1 Å². The molecule has 0 aliphatic heterocycles. The van der Waals surface area contributed by atoms with Gasteiger partial charge in [-0.3, -0.25) is 4.79 Å². The van der Waals surface area contributed by atoms with Crippen LogP contribution in [-0.4, -0.2) is 28.8 Å². The number of hydrogen-bond acceptors (Lipinski definition) is 4. The molecule has 5 N–H and O–H groups in total. The Hall–Kier alpha value is -1.75. The molecule has 82 valence electrons. The number of carbonyl (C=O) groups is 1. The lowest BCUT2D eigenvalue weighted by Crippen LogP contribution is -2.30. The molecule has 0 radical (unpaired) electrons. The van der Waals surface area contributed by atoms with Gasteiger partial charge in [-0.25, -0.2) is 0 Å². The summed E-state index contributed by atoms with van der Waals surface area (Å²) in [6, 6.07) is 4.54. The van der Waals surface area contributed by atoms with Crippen molar-refractivity contribution in [1.29, 1.82) is 0 Å². The van der Waals surface area contributed by atoms with Crippen molar-refractivity contribution in [2.24, 2.45) is 0 Å². The van der Waals surface area contributed by atoms with E-state index in [2.05, 4.69) is 5.32 Å². The maximum atomic E-state index is 11.5. The van der Waals surface area contributed by atoms with Gasteiger partial charge < -0.3 is 21.3 Å². The first kappa shape index (κ1) is 11.3. The van der Waals surface area contributed by atoms with Crippen molar-refractivity contribution >= 4 is 11.6 Å². The van der Waals surface area contributed by atoms with E-state index in [4.69, 9.17) is 10.8 Å². The molecule has 0 saturated heterocycles. The van der Waals surface area contributed by atoms with Gasteiger partial charge in [-0.2, -0.15) is 0 Å². The lowest BCUT2D eigenvalue weighted by atomic mass is 10.1. The van der Waals surface area contributed by atoms with Gasteiger partial charge in [0.1, 0.15) is 0 Å². The number of phenols is 1. The van der Waals surface area contributed by atoms with E-state index in [1.54, 1.807) is 13.0 Å². The Labute approximate surface area is 87.5 Å². The third kappa shape index (κ3) is 2.85. The number of benzene rings is 1. The van der Waals surface area contributed by atoms with Crippen molar-refractivity contribution in [3.63, 3.8) is 0 Å². The Kier molecular flexibility index (Phi) is 3.51. The number of anilines is 1. The second kappa shape index (κ2) is 4.65. The third-order valence-electron chi connectivity index (χ3n) is 1.87. The predicted octanol–water partition coefficient (Wildman–Crippen LogP) is 0.0850. The molecule has 15 heavy (non-hydrogen) atoms. The fraction of sp³-hybridized carbons (Fsp3) is 0.300. The molecule has 1 aromatic rings. The molecule has 5 heteroatoms. The molecule has 0 aliphatic rings. The number of aliphatic hydroxyl groups excluding tert-OH is 1. The minimum absolute atomic E-state index is 0.107. The van der Waals surface area contributed by atoms with E-state index in [-0.39, 0.29) is 23.5 Å². The summed E-state index contributed by atoms with van der Waals surface area (Å²) >= 11 is 0. The predicted molar refractivity (Wildman–Crippen MR) is 56.5 cm³/mol. The van der Waals surface area contributed by atoms with E-state index in [9.17, 15) is 9.90 Å². The summed E-state index contributed by atoms with van der Waals surface area (Å²) in [5.74, 6) is -0.693. The number of aromatic hydroxyl groups is 1. The van der Waals surface area contributed by atoms with Crippen LogP contribution in [0.15, 0.2) is 18.2 Å². The molecule has 0 bridgehead atoms. The van der Waals surface area contributed by atoms with Gasteiger partial charge in [0.25, 0.3) is 5.91 Å². The van der Waals surface area contributed by atoms with Crippen molar-refractivity contribution in [1.82, 2.24) is 5.32 Å². The molecule has 1 atom stereocenters. The van der Waals surface area contributed by atoms with Crippen LogP contribution in [0.4, 0.5) is 5.69 Å². The first-order valence-corrected chi connectivity index (χ1v) is 4.56. The van der Waals surface area contributed by atoms with Crippen LogP contribution in [0.5, 0.6) is 5.75 Å². The van der Waals surface area contributed by atoms with E-state index < -0.39 is 12.0 Å². The highest BCUT2D eigenvalue weighted by Gasteiger charge is 2.12. The number of nitrogens with two attached hydrogens (primary N) is 1. The Morgan fingerprint density at radius 3 is 2.87 bits per heavy atom. The van der Waals surface area contributed by atoms with Crippen LogP contribution in [0.3, 0.4) is 0 Å². The number of rotatable bonds is 3. The zero-order chi connectivity index (χ0) is 11.4. The lowest BCUT2D eigenvalue weighted by molar-refractivity contribution is 0.0921. The fourth-order valence-electron chi connectivity index (χ4n) is 1.08. The summed E-state index contributed by atoms with van der Waals surface area (Å²) in [5, 5.41) is 20.9. The Balaban J connectivity index is 2.78. The van der Waals surface area contributed by atoms with Gasteiger partial charge in [-0.15, -0.1) is 0 Å². The van der Waals surface area contributed by atoms with Crippen LogP contribution in [0.25, 0.3) is 0 Å². The average Bonchev–Trinajstić information content (AvgIpc) is 2.18. The van der Waals surface area contributed by atoms with Crippen molar-refractivity contribution in [3.8, 4) is 5.75 Å². The minimum Gasteiger partial charge on any atom is -0.505 e. The van der Waals surface area contributed by atoms with Gasteiger partial charge in [-0.1, -0.05) is 6.07 Å².